The number of aliphatic imine (C=N–C) groups is 1. The van der Waals surface area contributed by atoms with Crippen LogP contribution in [0.1, 0.15) is 12.0 Å². The van der Waals surface area contributed by atoms with Crippen molar-refractivity contribution in [2.45, 2.75) is 6.42 Å². The molecule has 0 radical (unpaired) electrons. The molecule has 0 bridgehead atoms. The molecule has 1 N–H and O–H groups in total. The highest BCUT2D eigenvalue weighted by atomic mass is 35.5. The molecule has 2 amide bonds. The molecule has 7 nitrogen and oxygen atoms in total. The number of halogens is 2. The Bertz CT molecular complexity index is 1230. The van der Waals surface area contributed by atoms with E-state index >= 15 is 0 Å². The fraction of sp³-hybridized carbons (Fsp3) is 0.130. The first-order valence-electron chi connectivity index (χ1n) is 9.67. The molecule has 3 aromatic rings. The van der Waals surface area contributed by atoms with Gasteiger partial charge in [0.15, 0.2) is 5.82 Å². The lowest BCUT2D eigenvalue weighted by molar-refractivity contribution is -0.120. The third-order valence-electron chi connectivity index (χ3n) is 4.81. The van der Waals surface area contributed by atoms with Crippen LogP contribution < -0.4 is 15.0 Å². The van der Waals surface area contributed by atoms with E-state index in [1.165, 1.54) is 23.2 Å². The minimum Gasteiger partial charge on any atom is -0.497 e. The number of nitrogens with zero attached hydrogens (tertiary/aromatic N) is 3. The van der Waals surface area contributed by atoms with Crippen molar-refractivity contribution in [1.82, 2.24) is 4.98 Å². The number of hydrogen-bond donors (Lipinski definition) is 1. The van der Waals surface area contributed by atoms with Gasteiger partial charge in [-0.2, -0.15) is 0 Å². The highest BCUT2D eigenvalue weighted by Crippen LogP contribution is 2.31. The zero-order valence-electron chi connectivity index (χ0n) is 17.0. The average molecular weight is 453 g/mol. The van der Waals surface area contributed by atoms with Crippen LogP contribution in [-0.2, 0) is 9.59 Å². The van der Waals surface area contributed by atoms with Gasteiger partial charge in [-0.3, -0.25) is 14.5 Å². The first kappa shape index (κ1) is 21.5. The first-order valence-corrected chi connectivity index (χ1v) is 10.0. The van der Waals surface area contributed by atoms with Crippen LogP contribution in [0.5, 0.6) is 5.75 Å². The van der Waals surface area contributed by atoms with Crippen LogP contribution in [0.25, 0.3) is 0 Å². The third-order valence-corrected chi connectivity index (χ3v) is 5.12. The number of hydrogen-bond acceptors (Lipinski definition) is 5. The van der Waals surface area contributed by atoms with Crippen molar-refractivity contribution in [1.29, 1.82) is 0 Å². The molecule has 4 rings (SSSR count). The lowest BCUT2D eigenvalue weighted by Gasteiger charge is -2.20. The van der Waals surface area contributed by atoms with Gasteiger partial charge in [-0.1, -0.05) is 23.7 Å². The molecule has 0 fully saturated rings. The number of pyridine rings is 1. The molecule has 162 valence electrons. The first-order chi connectivity index (χ1) is 15.4. The molecule has 0 saturated heterocycles. The molecule has 1 aromatic heterocycles. The van der Waals surface area contributed by atoms with Crippen LogP contribution >= 0.6 is 11.6 Å². The van der Waals surface area contributed by atoms with E-state index in [1.54, 1.807) is 31.4 Å². The number of aromatic nitrogens is 1. The fourth-order valence-corrected chi connectivity index (χ4v) is 3.50. The summed E-state index contributed by atoms with van der Waals surface area (Å²) >= 11 is 5.99. The van der Waals surface area contributed by atoms with Crippen LogP contribution in [0.15, 0.2) is 65.8 Å². The molecule has 1 aliphatic rings. The predicted octanol–water partition coefficient (Wildman–Crippen LogP) is 4.38. The number of methoxy groups -OCH3 is 1. The maximum atomic E-state index is 13.3. The van der Waals surface area contributed by atoms with Crippen molar-refractivity contribution in [2.75, 3.05) is 23.9 Å². The fourth-order valence-electron chi connectivity index (χ4n) is 3.28. The number of fused-ring (bicyclic) bond motifs is 1. The van der Waals surface area contributed by atoms with Gasteiger partial charge in [-0.15, -0.1) is 0 Å². The van der Waals surface area contributed by atoms with Crippen molar-refractivity contribution >= 4 is 46.3 Å². The number of carbonyl (C=O) groups excluding carboxylic acids is 2. The standard InChI is InChI=1S/C23H18ClFN4O3/c1-32-16-5-2-4-14(10-16)20-12-22(31)29(23-19(27-20)6-3-9-26-23)13-21(30)28-18-8-7-15(25)11-17(18)24/h2-11H,12-13H2,1H3,(H,28,30). The average Bonchev–Trinajstić information content (AvgIpc) is 2.92. The van der Waals surface area contributed by atoms with Gasteiger partial charge in [-0.05, 0) is 42.5 Å². The number of carbonyl (C=O) groups is 2. The summed E-state index contributed by atoms with van der Waals surface area (Å²) in [4.78, 5) is 36.0. The highest BCUT2D eigenvalue weighted by molar-refractivity contribution is 6.33. The summed E-state index contributed by atoms with van der Waals surface area (Å²) in [5.74, 6) is -0.454. The highest BCUT2D eigenvalue weighted by Gasteiger charge is 2.28. The Balaban J connectivity index is 1.61. The molecular formula is C23H18ClFN4O3. The monoisotopic (exact) mass is 452 g/mol. The summed E-state index contributed by atoms with van der Waals surface area (Å²) in [5.41, 5.74) is 1.98. The minimum atomic E-state index is -0.518. The van der Waals surface area contributed by atoms with E-state index in [9.17, 15) is 14.0 Å². The number of anilines is 2. The largest absolute Gasteiger partial charge is 0.497 e. The van der Waals surface area contributed by atoms with Crippen molar-refractivity contribution in [3.63, 3.8) is 0 Å². The second kappa shape index (κ2) is 9.15. The lowest BCUT2D eigenvalue weighted by Crippen LogP contribution is -2.39. The molecule has 32 heavy (non-hydrogen) atoms. The molecule has 0 unspecified atom stereocenters. The molecule has 0 spiro atoms. The minimum absolute atomic E-state index is 0.0336. The summed E-state index contributed by atoms with van der Waals surface area (Å²) in [7, 11) is 1.56. The Kier molecular flexibility index (Phi) is 6.13. The van der Waals surface area contributed by atoms with Gasteiger partial charge in [0.1, 0.15) is 23.8 Å². The molecule has 2 aromatic carbocycles. The normalized spacial score (nSPS) is 13.2. The maximum absolute atomic E-state index is 13.3. The number of nitrogens with one attached hydrogen (secondary N) is 1. The van der Waals surface area contributed by atoms with Crippen LogP contribution in [0.4, 0.5) is 21.6 Å². The van der Waals surface area contributed by atoms with E-state index in [0.29, 0.717) is 17.1 Å². The van der Waals surface area contributed by atoms with Crippen molar-refractivity contribution in [3.8, 4) is 5.75 Å². The summed E-state index contributed by atoms with van der Waals surface area (Å²) < 4.78 is 18.5. The van der Waals surface area contributed by atoms with Gasteiger partial charge in [0, 0.05) is 11.8 Å². The second-order valence-electron chi connectivity index (χ2n) is 6.97. The Labute approximate surface area is 188 Å². The van der Waals surface area contributed by atoms with E-state index in [4.69, 9.17) is 16.3 Å². The summed E-state index contributed by atoms with van der Waals surface area (Å²) in [6, 6.07) is 14.3. The number of rotatable bonds is 5. The topological polar surface area (TPSA) is 83.9 Å². The van der Waals surface area contributed by atoms with Crippen LogP contribution in [0, 0.1) is 5.82 Å². The number of amides is 2. The Morgan fingerprint density at radius 2 is 2.06 bits per heavy atom. The second-order valence-corrected chi connectivity index (χ2v) is 7.37. The summed E-state index contributed by atoms with van der Waals surface area (Å²) in [6.07, 6.45) is 1.49. The third kappa shape index (κ3) is 4.60. The van der Waals surface area contributed by atoms with Gasteiger partial charge in [0.05, 0.1) is 30.0 Å². The van der Waals surface area contributed by atoms with E-state index in [-0.39, 0.29) is 35.4 Å². The summed E-state index contributed by atoms with van der Waals surface area (Å²) in [6.45, 7) is -0.308. The molecule has 2 heterocycles. The van der Waals surface area contributed by atoms with Gasteiger partial charge in [0.2, 0.25) is 11.8 Å². The van der Waals surface area contributed by atoms with Gasteiger partial charge in [-0.25, -0.2) is 14.4 Å². The lowest BCUT2D eigenvalue weighted by atomic mass is 10.1. The van der Waals surface area contributed by atoms with Gasteiger partial charge in [0.25, 0.3) is 0 Å². The Morgan fingerprint density at radius 1 is 1.22 bits per heavy atom. The maximum Gasteiger partial charge on any atom is 0.244 e. The molecule has 1 aliphatic heterocycles. The Morgan fingerprint density at radius 3 is 2.84 bits per heavy atom. The summed E-state index contributed by atoms with van der Waals surface area (Å²) in [5, 5.41) is 2.66. The zero-order valence-corrected chi connectivity index (χ0v) is 17.8. The predicted molar refractivity (Wildman–Crippen MR) is 120 cm³/mol. The number of ether oxygens (including phenoxy) is 1. The van der Waals surface area contributed by atoms with Crippen molar-refractivity contribution in [3.05, 3.63) is 77.2 Å². The van der Waals surface area contributed by atoms with Crippen LogP contribution in [0.3, 0.4) is 0 Å². The van der Waals surface area contributed by atoms with E-state index in [1.807, 2.05) is 12.1 Å². The molecular weight excluding hydrogens is 435 g/mol. The molecule has 9 heteroatoms. The van der Waals surface area contributed by atoms with Crippen molar-refractivity contribution < 1.29 is 18.7 Å². The van der Waals surface area contributed by atoms with Crippen LogP contribution in [-0.4, -0.2) is 36.2 Å². The number of benzene rings is 2. The van der Waals surface area contributed by atoms with E-state index < -0.39 is 11.7 Å². The van der Waals surface area contributed by atoms with E-state index in [0.717, 1.165) is 11.6 Å². The van der Waals surface area contributed by atoms with Crippen molar-refractivity contribution in [2.24, 2.45) is 4.99 Å². The molecule has 0 saturated carbocycles. The molecule has 0 atom stereocenters. The van der Waals surface area contributed by atoms with Gasteiger partial charge < -0.3 is 10.1 Å². The SMILES string of the molecule is COc1cccc(C2=Nc3cccnc3N(CC(=O)Nc3ccc(F)cc3Cl)C(=O)C2)c1. The smallest absolute Gasteiger partial charge is 0.244 e. The van der Waals surface area contributed by atoms with Gasteiger partial charge >= 0.3 is 0 Å². The zero-order chi connectivity index (χ0) is 22.7. The van der Waals surface area contributed by atoms with Crippen LogP contribution in [0.2, 0.25) is 5.02 Å². The van der Waals surface area contributed by atoms with E-state index in [2.05, 4.69) is 15.3 Å². The quantitative estimate of drug-likeness (QED) is 0.622. The molecule has 0 aliphatic carbocycles. The Hall–Kier alpha value is -3.78.